The van der Waals surface area contributed by atoms with Crippen LogP contribution >= 0.6 is 11.6 Å². The van der Waals surface area contributed by atoms with E-state index in [1.54, 1.807) is 0 Å². The zero-order valence-corrected chi connectivity index (χ0v) is 12.5. The molecule has 2 rings (SSSR count). The first-order chi connectivity index (χ1) is 9.41. The number of hydrazine groups is 1. The second-order valence-electron chi connectivity index (χ2n) is 4.78. The number of aliphatic hydroxyl groups is 1. The Kier molecular flexibility index (Phi) is 4.50. The number of nitrogens with zero attached hydrogens (tertiary/aromatic N) is 2. The first kappa shape index (κ1) is 15.5. The van der Waals surface area contributed by atoms with Crippen molar-refractivity contribution in [3.8, 4) is 0 Å². The van der Waals surface area contributed by atoms with E-state index in [4.69, 9.17) is 17.4 Å². The molecule has 1 aliphatic rings. The fourth-order valence-corrected chi connectivity index (χ4v) is 4.33. The third-order valence-corrected chi connectivity index (χ3v) is 5.76. The minimum Gasteiger partial charge on any atom is -0.395 e. The second kappa shape index (κ2) is 5.82. The Labute approximate surface area is 122 Å². The largest absolute Gasteiger partial charge is 0.395 e. The number of rotatable bonds is 4. The molecule has 2 unspecified atom stereocenters. The number of aliphatic hydroxyl groups excluding tert-OH is 1. The van der Waals surface area contributed by atoms with Crippen molar-refractivity contribution in [2.24, 2.45) is 11.8 Å². The fraction of sp³-hybridized carbons (Fsp3) is 0.545. The zero-order valence-electron chi connectivity index (χ0n) is 11.0. The number of sulfonamides is 1. The molecule has 0 bridgehead atoms. The summed E-state index contributed by atoms with van der Waals surface area (Å²) in [5.41, 5.74) is 2.28. The molecular weight excluding hydrogens is 304 g/mol. The molecule has 1 aromatic rings. The van der Waals surface area contributed by atoms with E-state index in [0.29, 0.717) is 13.0 Å². The normalized spacial score (nSPS) is 24.0. The van der Waals surface area contributed by atoms with Crippen LogP contribution in [0.2, 0.25) is 5.02 Å². The van der Waals surface area contributed by atoms with E-state index < -0.39 is 16.1 Å². The zero-order chi connectivity index (χ0) is 14.9. The number of aromatic nitrogens is 1. The lowest BCUT2D eigenvalue weighted by molar-refractivity contribution is 0.191. The van der Waals surface area contributed by atoms with Gasteiger partial charge in [-0.15, -0.1) is 0 Å². The third kappa shape index (κ3) is 2.61. The highest BCUT2D eigenvalue weighted by Crippen LogP contribution is 2.31. The number of hydrogen-bond donors (Lipinski definition) is 3. The van der Waals surface area contributed by atoms with Crippen LogP contribution in [0.25, 0.3) is 0 Å². The topological polar surface area (TPSA) is 109 Å². The van der Waals surface area contributed by atoms with Gasteiger partial charge < -0.3 is 10.5 Å². The molecule has 7 nitrogen and oxygen atoms in total. The number of anilines is 1. The average molecular weight is 321 g/mol. The van der Waals surface area contributed by atoms with Crippen molar-refractivity contribution in [3.05, 3.63) is 17.3 Å². The minimum absolute atomic E-state index is 0.00551. The molecular formula is C11H17ClN4O3S. The summed E-state index contributed by atoms with van der Waals surface area (Å²) in [7, 11) is -3.72. The molecule has 20 heavy (non-hydrogen) atoms. The van der Waals surface area contributed by atoms with Gasteiger partial charge in [0, 0.05) is 12.7 Å². The maximum Gasteiger partial charge on any atom is 0.245 e. The maximum absolute atomic E-state index is 12.6. The lowest BCUT2D eigenvalue weighted by Crippen LogP contribution is -2.39. The summed E-state index contributed by atoms with van der Waals surface area (Å²) in [5, 5.41) is 9.51. The molecule has 1 aromatic heterocycles. The minimum atomic E-state index is -3.72. The SMILES string of the molecule is CC1CCN(S(=O)(=O)c2cnc(NN)c(Cl)c2)C1CO. The fourth-order valence-electron chi connectivity index (χ4n) is 2.35. The highest BCUT2D eigenvalue weighted by Gasteiger charge is 2.39. The number of nitrogens with two attached hydrogens (primary N) is 1. The van der Waals surface area contributed by atoms with Crippen LogP contribution in [0.3, 0.4) is 0 Å². The van der Waals surface area contributed by atoms with Crippen molar-refractivity contribution < 1.29 is 13.5 Å². The Balaban J connectivity index is 2.38. The summed E-state index contributed by atoms with van der Waals surface area (Å²) < 4.78 is 26.4. The molecule has 0 spiro atoms. The van der Waals surface area contributed by atoms with Gasteiger partial charge in [-0.25, -0.2) is 19.2 Å². The number of nitrogen functional groups attached to an aromatic ring is 1. The number of nitrogens with one attached hydrogen (secondary N) is 1. The van der Waals surface area contributed by atoms with Crippen LogP contribution in [0.1, 0.15) is 13.3 Å². The van der Waals surface area contributed by atoms with E-state index in [1.165, 1.54) is 16.6 Å². The molecule has 2 heterocycles. The van der Waals surface area contributed by atoms with Gasteiger partial charge in [-0.1, -0.05) is 18.5 Å². The summed E-state index contributed by atoms with van der Waals surface area (Å²) in [6.45, 7) is 2.09. The Morgan fingerprint density at radius 3 is 2.90 bits per heavy atom. The molecule has 0 radical (unpaired) electrons. The molecule has 4 N–H and O–H groups in total. The van der Waals surface area contributed by atoms with Crippen LogP contribution in [0.15, 0.2) is 17.2 Å². The average Bonchev–Trinajstić information content (AvgIpc) is 2.80. The summed E-state index contributed by atoms with van der Waals surface area (Å²) in [6.07, 6.45) is 1.92. The van der Waals surface area contributed by atoms with Crippen molar-refractivity contribution in [1.29, 1.82) is 0 Å². The first-order valence-electron chi connectivity index (χ1n) is 6.16. The molecule has 2 atom stereocenters. The van der Waals surface area contributed by atoms with E-state index in [0.717, 1.165) is 0 Å². The smallest absolute Gasteiger partial charge is 0.245 e. The molecule has 0 aliphatic carbocycles. The van der Waals surface area contributed by atoms with Crippen LogP contribution in [0.5, 0.6) is 0 Å². The second-order valence-corrected chi connectivity index (χ2v) is 7.08. The molecule has 9 heteroatoms. The molecule has 1 fully saturated rings. The van der Waals surface area contributed by atoms with Crippen LogP contribution in [-0.2, 0) is 10.0 Å². The molecule has 112 valence electrons. The van der Waals surface area contributed by atoms with Crippen molar-refractivity contribution in [1.82, 2.24) is 9.29 Å². The number of hydrogen-bond acceptors (Lipinski definition) is 6. The molecule has 1 aliphatic heterocycles. The summed E-state index contributed by atoms with van der Waals surface area (Å²) in [5.74, 6) is 5.53. The highest BCUT2D eigenvalue weighted by atomic mass is 35.5. The van der Waals surface area contributed by atoms with Gasteiger partial charge in [0.25, 0.3) is 0 Å². The van der Waals surface area contributed by atoms with E-state index in [9.17, 15) is 13.5 Å². The van der Waals surface area contributed by atoms with Gasteiger partial charge in [-0.05, 0) is 18.4 Å². The Bertz CT molecular complexity index is 595. The first-order valence-corrected chi connectivity index (χ1v) is 7.98. The molecule has 1 saturated heterocycles. The third-order valence-electron chi connectivity index (χ3n) is 3.58. The quantitative estimate of drug-likeness (QED) is 0.548. The number of halogens is 1. The highest BCUT2D eigenvalue weighted by molar-refractivity contribution is 7.89. The van der Waals surface area contributed by atoms with Crippen molar-refractivity contribution in [2.75, 3.05) is 18.6 Å². The van der Waals surface area contributed by atoms with Gasteiger partial charge in [0.1, 0.15) is 4.90 Å². The Morgan fingerprint density at radius 2 is 2.35 bits per heavy atom. The van der Waals surface area contributed by atoms with Gasteiger partial charge in [-0.3, -0.25) is 0 Å². The van der Waals surface area contributed by atoms with Gasteiger partial charge >= 0.3 is 0 Å². The van der Waals surface area contributed by atoms with Gasteiger partial charge in [0.15, 0.2) is 5.82 Å². The van der Waals surface area contributed by atoms with Gasteiger partial charge in [0.05, 0.1) is 17.7 Å². The van der Waals surface area contributed by atoms with Gasteiger partial charge in [-0.2, -0.15) is 4.31 Å². The van der Waals surface area contributed by atoms with E-state index in [-0.39, 0.29) is 28.3 Å². The van der Waals surface area contributed by atoms with E-state index in [1.807, 2.05) is 6.92 Å². The standard InChI is InChI=1S/C11H17ClN4O3S/c1-7-2-3-16(10(7)6-17)20(18,19)8-4-9(12)11(15-13)14-5-8/h4-5,7,10,17H,2-3,6,13H2,1H3,(H,14,15). The van der Waals surface area contributed by atoms with E-state index in [2.05, 4.69) is 10.4 Å². The summed E-state index contributed by atoms with van der Waals surface area (Å²) in [6, 6.07) is 0.891. The van der Waals surface area contributed by atoms with Gasteiger partial charge in [0.2, 0.25) is 10.0 Å². The van der Waals surface area contributed by atoms with E-state index >= 15 is 0 Å². The Morgan fingerprint density at radius 1 is 1.65 bits per heavy atom. The van der Waals surface area contributed by atoms with Crippen LogP contribution < -0.4 is 11.3 Å². The monoisotopic (exact) mass is 320 g/mol. The van der Waals surface area contributed by atoms with Crippen LogP contribution in [-0.4, -0.2) is 42.0 Å². The van der Waals surface area contributed by atoms with Crippen molar-refractivity contribution in [2.45, 2.75) is 24.3 Å². The molecule has 0 saturated carbocycles. The number of pyridine rings is 1. The molecule has 0 amide bonds. The Hall–Kier alpha value is -0.930. The van der Waals surface area contributed by atoms with Crippen LogP contribution in [0.4, 0.5) is 5.82 Å². The summed E-state index contributed by atoms with van der Waals surface area (Å²) in [4.78, 5) is 3.86. The molecule has 0 aromatic carbocycles. The predicted octanol–water partition coefficient (Wildman–Crippen LogP) is 0.412. The van der Waals surface area contributed by atoms with Crippen LogP contribution in [0, 0.1) is 5.92 Å². The maximum atomic E-state index is 12.6. The van der Waals surface area contributed by atoms with Crippen molar-refractivity contribution >= 4 is 27.4 Å². The lowest BCUT2D eigenvalue weighted by atomic mass is 10.0. The summed E-state index contributed by atoms with van der Waals surface area (Å²) >= 11 is 5.90. The lowest BCUT2D eigenvalue weighted by Gasteiger charge is -2.24. The predicted molar refractivity (Wildman–Crippen MR) is 75.6 cm³/mol. The van der Waals surface area contributed by atoms with Crippen molar-refractivity contribution in [3.63, 3.8) is 0 Å².